The van der Waals surface area contributed by atoms with E-state index in [2.05, 4.69) is 15.0 Å². The summed E-state index contributed by atoms with van der Waals surface area (Å²) in [5.74, 6) is 0.562. The van der Waals surface area contributed by atoms with Crippen molar-refractivity contribution in [2.24, 2.45) is 4.99 Å². The summed E-state index contributed by atoms with van der Waals surface area (Å²) in [5, 5.41) is 2.88. The minimum atomic E-state index is -0.301. The lowest BCUT2D eigenvalue weighted by Crippen LogP contribution is -2.18. The number of esters is 1. The van der Waals surface area contributed by atoms with E-state index in [4.69, 9.17) is 17.0 Å². The second kappa shape index (κ2) is 9.57. The third-order valence-electron chi connectivity index (χ3n) is 2.07. The second-order valence-corrected chi connectivity index (χ2v) is 5.25. The van der Waals surface area contributed by atoms with E-state index in [-0.39, 0.29) is 12.2 Å². The molecule has 1 atom stereocenters. The van der Waals surface area contributed by atoms with Gasteiger partial charge in [0.25, 0.3) is 0 Å². The zero-order chi connectivity index (χ0) is 13.9. The van der Waals surface area contributed by atoms with Crippen molar-refractivity contribution in [1.82, 2.24) is 5.32 Å². The lowest BCUT2D eigenvalue weighted by Gasteiger charge is -2.09. The summed E-state index contributed by atoms with van der Waals surface area (Å²) in [5.41, 5.74) is 0. The summed E-state index contributed by atoms with van der Waals surface area (Å²) in [4.78, 5) is 15.0. The van der Waals surface area contributed by atoms with Crippen LogP contribution in [0.4, 0.5) is 0 Å². The molecule has 104 valence electrons. The maximum absolute atomic E-state index is 10.9. The first kappa shape index (κ1) is 15.7. The zero-order valence-corrected chi connectivity index (χ0v) is 12.2. The van der Waals surface area contributed by atoms with Gasteiger partial charge < -0.3 is 14.8 Å². The number of hydrogen-bond acceptors (Lipinski definition) is 6. The fraction of sp³-hybridized carbons (Fsp3) is 0.417. The molecule has 1 unspecified atom stereocenters. The number of carbonyl (C=O) groups excluding carboxylic acids is 1. The number of thioether (sulfide) groups is 1. The van der Waals surface area contributed by atoms with Crippen LogP contribution in [-0.4, -0.2) is 35.7 Å². The number of thiocarbonyl (C=S) groups is 1. The van der Waals surface area contributed by atoms with Gasteiger partial charge in [0.1, 0.15) is 4.32 Å². The van der Waals surface area contributed by atoms with Gasteiger partial charge in [-0.25, -0.2) is 4.99 Å². The van der Waals surface area contributed by atoms with Gasteiger partial charge in [0.15, 0.2) is 0 Å². The van der Waals surface area contributed by atoms with Crippen molar-refractivity contribution in [1.29, 1.82) is 0 Å². The third kappa shape index (κ3) is 7.63. The van der Waals surface area contributed by atoms with Crippen molar-refractivity contribution in [2.75, 3.05) is 12.9 Å². The summed E-state index contributed by atoms with van der Waals surface area (Å²) >= 11 is 6.56. The molecule has 0 amide bonds. The molecule has 1 N–H and O–H groups in total. The van der Waals surface area contributed by atoms with Crippen LogP contribution in [0.2, 0.25) is 0 Å². The number of hydrogen-bond donors (Lipinski definition) is 1. The molecule has 1 heterocycles. The molecule has 0 aliphatic carbocycles. The minimum absolute atomic E-state index is 0.199. The van der Waals surface area contributed by atoms with Crippen LogP contribution in [0.25, 0.3) is 0 Å². The van der Waals surface area contributed by atoms with Crippen molar-refractivity contribution in [3.05, 3.63) is 24.5 Å². The smallest absolute Gasteiger partial charge is 0.305 e. The molecule has 0 aromatic rings. The highest BCUT2D eigenvalue weighted by molar-refractivity contribution is 8.23. The molecule has 0 fully saturated rings. The predicted octanol–water partition coefficient (Wildman–Crippen LogP) is 2.00. The average Bonchev–Trinajstić information content (AvgIpc) is 2.44. The van der Waals surface area contributed by atoms with Crippen LogP contribution in [0.1, 0.15) is 12.8 Å². The predicted molar refractivity (Wildman–Crippen MR) is 81.1 cm³/mol. The van der Waals surface area contributed by atoms with E-state index >= 15 is 0 Å². The number of rotatable bonds is 6. The SMILES string of the molecule is COC(=O)CCCSC(=S)NC=NC1C=CC=CO1. The molecule has 1 aliphatic heterocycles. The summed E-state index contributed by atoms with van der Waals surface area (Å²) in [6.07, 6.45) is 9.43. The minimum Gasteiger partial charge on any atom is -0.473 e. The first-order valence-electron chi connectivity index (χ1n) is 5.73. The molecule has 0 saturated heterocycles. The fourth-order valence-electron chi connectivity index (χ4n) is 1.15. The normalized spacial score (nSPS) is 17.2. The number of carbonyl (C=O) groups is 1. The average molecular weight is 300 g/mol. The molecule has 1 rings (SSSR count). The van der Waals surface area contributed by atoms with Crippen molar-refractivity contribution in [2.45, 2.75) is 19.1 Å². The van der Waals surface area contributed by atoms with E-state index in [1.807, 2.05) is 12.2 Å². The van der Waals surface area contributed by atoms with E-state index in [0.717, 1.165) is 12.2 Å². The van der Waals surface area contributed by atoms with Gasteiger partial charge in [-0.2, -0.15) is 0 Å². The van der Waals surface area contributed by atoms with Crippen molar-refractivity contribution in [3.8, 4) is 0 Å². The zero-order valence-electron chi connectivity index (χ0n) is 10.6. The molecule has 0 bridgehead atoms. The first-order valence-corrected chi connectivity index (χ1v) is 7.12. The topological polar surface area (TPSA) is 59.9 Å². The number of allylic oxidation sites excluding steroid dienone is 2. The Kier molecular flexibility index (Phi) is 7.92. The Balaban J connectivity index is 2.07. The van der Waals surface area contributed by atoms with E-state index < -0.39 is 0 Å². The molecule has 0 aromatic carbocycles. The van der Waals surface area contributed by atoms with Crippen LogP contribution in [0, 0.1) is 0 Å². The molecule has 7 heteroatoms. The monoisotopic (exact) mass is 300 g/mol. The van der Waals surface area contributed by atoms with Gasteiger partial charge in [0.05, 0.1) is 19.7 Å². The molecule has 0 spiro atoms. The van der Waals surface area contributed by atoms with Crippen LogP contribution in [0.15, 0.2) is 29.5 Å². The van der Waals surface area contributed by atoms with Crippen LogP contribution in [0.3, 0.4) is 0 Å². The highest BCUT2D eigenvalue weighted by Gasteiger charge is 2.02. The summed E-state index contributed by atoms with van der Waals surface area (Å²) in [6.45, 7) is 0. The van der Waals surface area contributed by atoms with Crippen LogP contribution >= 0.6 is 24.0 Å². The fourth-order valence-corrected chi connectivity index (χ4v) is 2.06. The van der Waals surface area contributed by atoms with Crippen molar-refractivity contribution < 1.29 is 14.3 Å². The van der Waals surface area contributed by atoms with Crippen LogP contribution in [-0.2, 0) is 14.3 Å². The highest BCUT2D eigenvalue weighted by Crippen LogP contribution is 2.06. The van der Waals surface area contributed by atoms with Gasteiger partial charge in [0, 0.05) is 12.2 Å². The third-order valence-corrected chi connectivity index (χ3v) is 3.42. The molecule has 0 aromatic heterocycles. The highest BCUT2D eigenvalue weighted by atomic mass is 32.2. The number of aliphatic imine (C=N–C) groups is 1. The summed E-state index contributed by atoms with van der Waals surface area (Å²) < 4.78 is 10.4. The van der Waals surface area contributed by atoms with E-state index in [1.54, 1.807) is 12.3 Å². The Hall–Kier alpha value is -1.34. The van der Waals surface area contributed by atoms with Crippen LogP contribution < -0.4 is 5.32 Å². The maximum atomic E-state index is 10.9. The summed E-state index contributed by atoms with van der Waals surface area (Å²) in [6, 6.07) is 0. The number of methoxy groups -OCH3 is 1. The van der Waals surface area contributed by atoms with Gasteiger partial charge in [-0.1, -0.05) is 30.1 Å². The Labute approximate surface area is 122 Å². The van der Waals surface area contributed by atoms with E-state index in [0.29, 0.717) is 10.7 Å². The Bertz CT molecular complexity index is 394. The molecule has 5 nitrogen and oxygen atoms in total. The van der Waals surface area contributed by atoms with E-state index in [9.17, 15) is 4.79 Å². The quantitative estimate of drug-likeness (QED) is 0.266. The second-order valence-electron chi connectivity index (χ2n) is 3.48. The number of nitrogens with one attached hydrogen (secondary N) is 1. The Morgan fingerprint density at radius 3 is 3.16 bits per heavy atom. The number of nitrogens with zero attached hydrogens (tertiary/aromatic N) is 1. The molecule has 19 heavy (non-hydrogen) atoms. The largest absolute Gasteiger partial charge is 0.473 e. The standard InChI is InChI=1S/C12H16N2O3S2/c1-16-11(15)6-4-8-19-12(18)14-9-13-10-5-2-3-7-17-10/h2-3,5,7,9-10H,4,6,8H2,1H3,(H,13,14,18). The summed E-state index contributed by atoms with van der Waals surface area (Å²) in [7, 11) is 1.38. The molecule has 0 saturated carbocycles. The molecular formula is C12H16N2O3S2. The lowest BCUT2D eigenvalue weighted by atomic mass is 10.3. The van der Waals surface area contributed by atoms with E-state index in [1.165, 1.54) is 25.2 Å². The van der Waals surface area contributed by atoms with Crippen molar-refractivity contribution >= 4 is 40.6 Å². The van der Waals surface area contributed by atoms with Gasteiger partial charge in [-0.15, -0.1) is 0 Å². The Morgan fingerprint density at radius 2 is 2.47 bits per heavy atom. The van der Waals surface area contributed by atoms with Gasteiger partial charge in [-0.3, -0.25) is 4.79 Å². The maximum Gasteiger partial charge on any atom is 0.305 e. The van der Waals surface area contributed by atoms with Crippen LogP contribution in [0.5, 0.6) is 0 Å². The van der Waals surface area contributed by atoms with Crippen molar-refractivity contribution in [3.63, 3.8) is 0 Å². The molecular weight excluding hydrogens is 284 g/mol. The van der Waals surface area contributed by atoms with Gasteiger partial charge >= 0.3 is 5.97 Å². The number of ether oxygens (including phenoxy) is 2. The molecule has 0 radical (unpaired) electrons. The molecule has 1 aliphatic rings. The van der Waals surface area contributed by atoms with Gasteiger partial charge in [-0.05, 0) is 18.6 Å². The lowest BCUT2D eigenvalue weighted by molar-refractivity contribution is -0.140. The Morgan fingerprint density at radius 1 is 1.63 bits per heavy atom. The first-order chi connectivity index (χ1) is 9.22. The van der Waals surface area contributed by atoms with Gasteiger partial charge in [0.2, 0.25) is 6.23 Å².